The molecular weight excluding hydrogens is 458 g/mol. The van der Waals surface area contributed by atoms with E-state index in [-0.39, 0.29) is 16.5 Å². The number of azo groups is 1. The zero-order chi connectivity index (χ0) is 25.0. The second-order valence-corrected chi connectivity index (χ2v) is 9.60. The highest BCUT2D eigenvalue weighted by molar-refractivity contribution is 7.92. The van der Waals surface area contributed by atoms with Gasteiger partial charge in [-0.25, -0.2) is 13.1 Å². The first-order valence-corrected chi connectivity index (χ1v) is 11.8. The zero-order valence-corrected chi connectivity index (χ0v) is 20.2. The second-order valence-electron chi connectivity index (χ2n) is 7.92. The summed E-state index contributed by atoms with van der Waals surface area (Å²) >= 11 is 0. The number of nitrogens with zero attached hydrogens (tertiary/aromatic N) is 3. The van der Waals surface area contributed by atoms with E-state index in [9.17, 15) is 18.0 Å². The first-order valence-electron chi connectivity index (χ1n) is 10.3. The monoisotopic (exact) mass is 483 g/mol. The highest BCUT2D eigenvalue weighted by atomic mass is 32.2. The van der Waals surface area contributed by atoms with Crippen molar-refractivity contribution < 1.29 is 22.5 Å². The predicted molar refractivity (Wildman–Crippen MR) is 127 cm³/mol. The van der Waals surface area contributed by atoms with Gasteiger partial charge in [-0.1, -0.05) is 11.2 Å². The lowest BCUT2D eigenvalue weighted by Crippen LogP contribution is -2.31. The van der Waals surface area contributed by atoms with Crippen molar-refractivity contribution in [3.63, 3.8) is 0 Å². The maximum absolute atomic E-state index is 12.6. The number of carbonyl (C=O) groups is 2. The summed E-state index contributed by atoms with van der Waals surface area (Å²) in [5.74, 6) is -1.05. The van der Waals surface area contributed by atoms with Crippen molar-refractivity contribution in [3.8, 4) is 0 Å². The first-order chi connectivity index (χ1) is 16.0. The van der Waals surface area contributed by atoms with Gasteiger partial charge in [0.15, 0.2) is 5.78 Å². The number of Topliss-reactive ketones (excluding diaryl/α,β-unsaturated/α-hetero) is 1. The van der Waals surface area contributed by atoms with Crippen molar-refractivity contribution in [1.29, 1.82) is 0 Å². The van der Waals surface area contributed by atoms with Crippen molar-refractivity contribution in [2.24, 2.45) is 10.2 Å². The molecule has 2 aromatic carbocycles. The third-order valence-electron chi connectivity index (χ3n) is 4.94. The van der Waals surface area contributed by atoms with E-state index in [1.165, 1.54) is 31.2 Å². The van der Waals surface area contributed by atoms with E-state index in [0.717, 1.165) is 11.1 Å². The summed E-state index contributed by atoms with van der Waals surface area (Å²) in [6, 6.07) is 9.67. The van der Waals surface area contributed by atoms with Crippen molar-refractivity contribution >= 4 is 39.0 Å². The molecule has 0 saturated heterocycles. The number of rotatable bonds is 8. The minimum absolute atomic E-state index is 0.0319. The number of aryl methyl sites for hydroxylation is 3. The van der Waals surface area contributed by atoms with Crippen LogP contribution in [0.1, 0.15) is 29.3 Å². The molecule has 34 heavy (non-hydrogen) atoms. The normalized spacial score (nSPS) is 12.5. The fourth-order valence-corrected chi connectivity index (χ4v) is 4.13. The Morgan fingerprint density at radius 2 is 1.62 bits per heavy atom. The lowest BCUT2D eigenvalue weighted by Gasteiger charge is -2.11. The molecule has 0 saturated carbocycles. The van der Waals surface area contributed by atoms with Crippen molar-refractivity contribution in [1.82, 2.24) is 5.16 Å². The predicted octanol–water partition coefficient (Wildman–Crippen LogP) is 4.39. The topological polar surface area (TPSA) is 143 Å². The van der Waals surface area contributed by atoms with Gasteiger partial charge in [0.2, 0.25) is 11.9 Å². The Kier molecular flexibility index (Phi) is 7.26. The van der Waals surface area contributed by atoms with Crippen molar-refractivity contribution in [2.75, 3.05) is 10.0 Å². The molecule has 11 heteroatoms. The number of anilines is 2. The number of carbonyl (C=O) groups excluding carboxylic acids is 2. The van der Waals surface area contributed by atoms with Crippen LogP contribution < -0.4 is 10.0 Å². The van der Waals surface area contributed by atoms with Gasteiger partial charge in [0.25, 0.3) is 15.9 Å². The molecule has 1 aromatic heterocycles. The molecular formula is C23H25N5O5S. The number of aromatic nitrogens is 1. The molecule has 1 amide bonds. The van der Waals surface area contributed by atoms with Crippen LogP contribution in [0.4, 0.5) is 17.3 Å². The molecule has 3 aromatic rings. The molecule has 0 unspecified atom stereocenters. The third kappa shape index (κ3) is 5.93. The van der Waals surface area contributed by atoms with E-state index in [4.69, 9.17) is 4.52 Å². The summed E-state index contributed by atoms with van der Waals surface area (Å²) in [5, 5.41) is 14.2. The van der Waals surface area contributed by atoms with Gasteiger partial charge in [-0.05, 0) is 82.1 Å². The smallest absolute Gasteiger partial charge is 0.264 e. The molecule has 10 nitrogen and oxygen atoms in total. The fraction of sp³-hybridized carbons (Fsp3) is 0.261. The summed E-state index contributed by atoms with van der Waals surface area (Å²) in [4.78, 5) is 24.6. The zero-order valence-electron chi connectivity index (χ0n) is 19.4. The minimum atomic E-state index is -3.91. The molecule has 178 valence electrons. The summed E-state index contributed by atoms with van der Waals surface area (Å²) in [6.07, 6.45) is 0. The lowest BCUT2D eigenvalue weighted by molar-refractivity contribution is -0.126. The van der Waals surface area contributed by atoms with Gasteiger partial charge in [-0.15, -0.1) is 0 Å². The van der Waals surface area contributed by atoms with Crippen molar-refractivity contribution in [2.45, 2.75) is 45.6 Å². The molecule has 0 bridgehead atoms. The summed E-state index contributed by atoms with van der Waals surface area (Å²) < 4.78 is 32.5. The number of benzene rings is 2. The molecule has 0 spiro atoms. The van der Waals surface area contributed by atoms with Gasteiger partial charge in [0.1, 0.15) is 0 Å². The number of nitrogens with one attached hydrogen (secondary N) is 2. The SMILES string of the molecule is CC(=O)[C@H](N=Nc1ccc(S(=O)(=O)Nc2onc(C)c2C)cc1)C(=O)Nc1cc(C)cc(C)c1. The Labute approximate surface area is 197 Å². The minimum Gasteiger partial charge on any atom is -0.337 e. The lowest BCUT2D eigenvalue weighted by atomic mass is 10.1. The van der Waals surface area contributed by atoms with Crippen LogP contribution in [0.2, 0.25) is 0 Å². The molecule has 0 aliphatic heterocycles. The molecule has 0 fully saturated rings. The fourth-order valence-electron chi connectivity index (χ4n) is 3.08. The largest absolute Gasteiger partial charge is 0.337 e. The van der Waals surface area contributed by atoms with Gasteiger partial charge in [-0.3, -0.25) is 9.59 Å². The second kappa shape index (κ2) is 9.96. The highest BCUT2D eigenvalue weighted by Gasteiger charge is 2.23. The standard InChI is InChI=1S/C23H25N5O5S/c1-13-10-14(2)12-19(11-13)24-22(30)21(17(5)29)26-25-18-6-8-20(9-7-18)34(31,32)28-23-15(3)16(4)27-33-23/h6-12,21,28H,1-5H3,(H,24,30)/t21-/m0/s1. The van der Waals surface area contributed by atoms with Crippen LogP contribution in [0, 0.1) is 27.7 Å². The number of amides is 1. The van der Waals surface area contributed by atoms with Crippen molar-refractivity contribution in [3.05, 3.63) is 64.8 Å². The van der Waals surface area contributed by atoms with Gasteiger partial charge < -0.3 is 9.84 Å². The van der Waals surface area contributed by atoms with Gasteiger partial charge in [0, 0.05) is 11.3 Å². The van der Waals surface area contributed by atoms with Gasteiger partial charge >= 0.3 is 0 Å². The van der Waals surface area contributed by atoms with Crippen LogP contribution in [-0.4, -0.2) is 31.3 Å². The summed E-state index contributed by atoms with van der Waals surface area (Å²) in [5.41, 5.74) is 3.93. The van der Waals surface area contributed by atoms with E-state index in [1.807, 2.05) is 19.9 Å². The summed E-state index contributed by atoms with van der Waals surface area (Å²) in [7, 11) is -3.91. The number of sulfonamides is 1. The molecule has 0 aliphatic rings. The summed E-state index contributed by atoms with van der Waals surface area (Å²) in [6.45, 7) is 8.44. The maximum Gasteiger partial charge on any atom is 0.264 e. The van der Waals surface area contributed by atoms with E-state index >= 15 is 0 Å². The Morgan fingerprint density at radius 3 is 2.15 bits per heavy atom. The van der Waals surface area contributed by atoms with Crippen LogP contribution in [0.15, 0.2) is 62.1 Å². The third-order valence-corrected chi connectivity index (χ3v) is 6.29. The van der Waals surface area contributed by atoms with Crippen LogP contribution in [-0.2, 0) is 19.6 Å². The quantitative estimate of drug-likeness (QED) is 0.359. The Morgan fingerprint density at radius 1 is 1.00 bits per heavy atom. The Bertz CT molecular complexity index is 1340. The Hall–Kier alpha value is -3.86. The molecule has 2 N–H and O–H groups in total. The van der Waals surface area contributed by atoms with Gasteiger partial charge in [-0.2, -0.15) is 10.2 Å². The molecule has 1 heterocycles. The molecule has 0 radical (unpaired) electrons. The maximum atomic E-state index is 12.6. The Balaban J connectivity index is 1.73. The van der Waals surface area contributed by atoms with Crippen LogP contribution in [0.5, 0.6) is 0 Å². The molecule has 0 aliphatic carbocycles. The van der Waals surface area contributed by atoms with Crippen LogP contribution in [0.3, 0.4) is 0 Å². The number of ketones is 1. The number of hydrogen-bond acceptors (Lipinski definition) is 8. The van der Waals surface area contributed by atoms with E-state index in [0.29, 0.717) is 16.9 Å². The first kappa shape index (κ1) is 24.8. The average molecular weight is 484 g/mol. The number of hydrogen-bond donors (Lipinski definition) is 2. The molecule has 1 atom stereocenters. The molecule has 3 rings (SSSR count). The highest BCUT2D eigenvalue weighted by Crippen LogP contribution is 2.23. The van der Waals surface area contributed by atoms with Gasteiger partial charge in [0.05, 0.1) is 16.3 Å². The van der Waals surface area contributed by atoms with Crippen LogP contribution >= 0.6 is 0 Å². The van der Waals surface area contributed by atoms with Crippen LogP contribution in [0.25, 0.3) is 0 Å². The van der Waals surface area contributed by atoms with E-state index < -0.39 is 27.8 Å². The van der Waals surface area contributed by atoms with E-state index in [2.05, 4.69) is 25.4 Å². The van der Waals surface area contributed by atoms with E-state index in [1.54, 1.807) is 26.0 Å². The average Bonchev–Trinajstić information content (AvgIpc) is 3.05.